The molecule has 0 unspecified atom stereocenters. The predicted molar refractivity (Wildman–Crippen MR) is 141 cm³/mol. The first kappa shape index (κ1) is 27.4. The lowest BCUT2D eigenvalue weighted by Gasteiger charge is -2.61. The summed E-state index contributed by atoms with van der Waals surface area (Å²) < 4.78 is 11.4. The molecule has 36 heavy (non-hydrogen) atoms. The molecule has 0 radical (unpaired) electrons. The Morgan fingerprint density at radius 3 is 2.39 bits per heavy atom. The summed E-state index contributed by atoms with van der Waals surface area (Å²) in [6, 6.07) is 0. The molecule has 0 bridgehead atoms. The van der Waals surface area contributed by atoms with Gasteiger partial charge in [-0.2, -0.15) is 0 Å². The second-order valence-electron chi connectivity index (χ2n) is 13.2. The minimum Gasteiger partial charge on any atom is -0.462 e. The summed E-state index contributed by atoms with van der Waals surface area (Å²) in [6.45, 7) is 14.5. The molecule has 202 valence electrons. The van der Waals surface area contributed by atoms with Crippen molar-refractivity contribution in [1.29, 1.82) is 0 Å². The van der Waals surface area contributed by atoms with Crippen molar-refractivity contribution in [3.8, 4) is 0 Å². The number of carbonyl (C=O) groups excluding carboxylic acids is 2. The summed E-state index contributed by atoms with van der Waals surface area (Å²) in [7, 11) is 0. The van der Waals surface area contributed by atoms with E-state index in [0.29, 0.717) is 18.3 Å². The first-order valence-corrected chi connectivity index (χ1v) is 14.3. The molecule has 4 rings (SSSR count). The minimum absolute atomic E-state index is 0.126. The summed E-state index contributed by atoms with van der Waals surface area (Å²) in [5, 5.41) is 12.2. The number of ether oxygens (including phenoxy) is 2. The number of hydrogen-bond acceptors (Lipinski definition) is 5. The van der Waals surface area contributed by atoms with Crippen molar-refractivity contribution in [2.75, 3.05) is 0 Å². The van der Waals surface area contributed by atoms with Crippen LogP contribution in [0.1, 0.15) is 106 Å². The third-order valence-corrected chi connectivity index (χ3v) is 10.5. The topological polar surface area (TPSA) is 72.8 Å². The van der Waals surface area contributed by atoms with Gasteiger partial charge < -0.3 is 14.6 Å². The average Bonchev–Trinajstić information content (AvgIpc) is 3.12. The van der Waals surface area contributed by atoms with Gasteiger partial charge in [-0.05, 0) is 78.4 Å². The summed E-state index contributed by atoms with van der Waals surface area (Å²) in [5.74, 6) is 1.53. The molecule has 5 heteroatoms. The first-order chi connectivity index (χ1) is 16.8. The quantitative estimate of drug-likeness (QED) is 0.402. The van der Waals surface area contributed by atoms with Crippen LogP contribution >= 0.6 is 0 Å². The predicted octanol–water partition coefficient (Wildman–Crippen LogP) is 6.54. The Hall–Kier alpha value is -1.62. The van der Waals surface area contributed by atoms with Crippen LogP contribution in [-0.2, 0) is 19.1 Å². The molecule has 0 aromatic heterocycles. The number of hydrogen-bond donors (Lipinski definition) is 1. The van der Waals surface area contributed by atoms with Gasteiger partial charge in [-0.25, -0.2) is 0 Å². The van der Waals surface area contributed by atoms with Crippen LogP contribution in [0.4, 0.5) is 0 Å². The number of carbonyl (C=O) groups is 2. The van der Waals surface area contributed by atoms with Gasteiger partial charge in [0.15, 0.2) is 0 Å². The van der Waals surface area contributed by atoms with Crippen LogP contribution in [0.5, 0.6) is 0 Å². The van der Waals surface area contributed by atoms with Gasteiger partial charge in [0.05, 0.1) is 0 Å². The molecule has 2 fully saturated rings. The number of esters is 2. The van der Waals surface area contributed by atoms with Crippen LogP contribution in [0.3, 0.4) is 0 Å². The van der Waals surface area contributed by atoms with Crippen molar-refractivity contribution in [2.45, 2.75) is 124 Å². The zero-order valence-electron chi connectivity index (χ0n) is 23.6. The third-order valence-electron chi connectivity index (χ3n) is 10.5. The third kappa shape index (κ3) is 4.59. The molecule has 0 amide bonds. The van der Waals surface area contributed by atoms with E-state index in [-0.39, 0.29) is 23.4 Å². The normalized spacial score (nSPS) is 40.4. The van der Waals surface area contributed by atoms with Crippen LogP contribution in [0.15, 0.2) is 23.3 Å². The Kier molecular flexibility index (Phi) is 7.56. The second kappa shape index (κ2) is 9.93. The van der Waals surface area contributed by atoms with Crippen molar-refractivity contribution in [3.05, 3.63) is 23.3 Å². The molecular weight excluding hydrogens is 452 g/mol. The van der Waals surface area contributed by atoms with E-state index in [1.807, 2.05) is 0 Å². The van der Waals surface area contributed by atoms with E-state index in [4.69, 9.17) is 9.47 Å². The van der Waals surface area contributed by atoms with Gasteiger partial charge in [-0.3, -0.25) is 9.59 Å². The van der Waals surface area contributed by atoms with Crippen molar-refractivity contribution in [2.24, 2.45) is 34.5 Å². The van der Waals surface area contributed by atoms with Gasteiger partial charge in [0.1, 0.15) is 17.8 Å². The smallest absolute Gasteiger partial charge is 0.303 e. The molecule has 0 aliphatic heterocycles. The monoisotopic (exact) mass is 500 g/mol. The van der Waals surface area contributed by atoms with Crippen LogP contribution in [0.2, 0.25) is 0 Å². The van der Waals surface area contributed by atoms with Crippen molar-refractivity contribution in [1.82, 2.24) is 0 Å². The lowest BCUT2D eigenvalue weighted by atomic mass is 9.46. The molecule has 0 heterocycles. The largest absolute Gasteiger partial charge is 0.462 e. The second-order valence-corrected chi connectivity index (χ2v) is 13.2. The fraction of sp³-hybridized carbons (Fsp3) is 0.806. The standard InChI is InChI=1S/C31H48O5/c1-19(2)9-8-10-20(3)25-11-12-26-24-17-28(36-22(5)33)31(34)18-23(35-21(4)32)13-16-30(31,7)27(24)14-15-29(25,26)6/h12,17,19-20,23,25,27-28,34H,8-11,13-16,18H2,1-7H3/t20-,23+,25-,27+,28+,29-,30-,31+/m1/s1. The minimum atomic E-state index is -1.26. The molecule has 0 spiro atoms. The fourth-order valence-corrected chi connectivity index (χ4v) is 8.49. The van der Waals surface area contributed by atoms with Gasteiger partial charge in [0.2, 0.25) is 0 Å². The Labute approximate surface area is 218 Å². The van der Waals surface area contributed by atoms with Gasteiger partial charge in [-0.1, -0.05) is 60.0 Å². The van der Waals surface area contributed by atoms with Gasteiger partial charge in [0.25, 0.3) is 0 Å². The molecule has 5 nitrogen and oxygen atoms in total. The Balaban J connectivity index is 1.65. The maximum Gasteiger partial charge on any atom is 0.303 e. The highest BCUT2D eigenvalue weighted by Gasteiger charge is 2.65. The SMILES string of the molecule is CC(=O)O[C@H]1CC[C@]2(C)[C@H]3CC[C@@]4(C)C(=CC[C@@H]4[C@H](C)CCCC(C)C)C3=C[C@H](OC(C)=O)[C@@]2(O)C1. The number of rotatable bonds is 7. The van der Waals surface area contributed by atoms with Gasteiger partial charge in [0, 0.05) is 25.7 Å². The molecule has 0 saturated heterocycles. The highest BCUT2D eigenvalue weighted by atomic mass is 16.6. The Morgan fingerprint density at radius 1 is 1.06 bits per heavy atom. The Bertz CT molecular complexity index is 933. The molecular formula is C31H48O5. The average molecular weight is 501 g/mol. The molecule has 2 saturated carbocycles. The Morgan fingerprint density at radius 2 is 1.75 bits per heavy atom. The molecule has 8 atom stereocenters. The summed E-state index contributed by atoms with van der Waals surface area (Å²) >= 11 is 0. The molecule has 0 aromatic carbocycles. The van der Waals surface area contributed by atoms with Crippen LogP contribution < -0.4 is 0 Å². The van der Waals surface area contributed by atoms with Crippen molar-refractivity contribution < 1.29 is 24.2 Å². The number of allylic oxidation sites excluding steroid dienone is 3. The summed E-state index contributed by atoms with van der Waals surface area (Å²) in [5.41, 5.74) is 1.15. The molecule has 0 aromatic rings. The summed E-state index contributed by atoms with van der Waals surface area (Å²) in [6.07, 6.45) is 12.3. The molecule has 4 aliphatic carbocycles. The zero-order valence-corrected chi connectivity index (χ0v) is 23.6. The zero-order chi connectivity index (χ0) is 26.5. The van der Waals surface area contributed by atoms with Crippen LogP contribution in [-0.4, -0.2) is 34.9 Å². The van der Waals surface area contributed by atoms with E-state index < -0.39 is 23.1 Å². The molecule has 4 aliphatic rings. The van der Waals surface area contributed by atoms with E-state index in [1.165, 1.54) is 44.3 Å². The van der Waals surface area contributed by atoms with Crippen molar-refractivity contribution >= 4 is 11.9 Å². The maximum atomic E-state index is 12.2. The summed E-state index contributed by atoms with van der Waals surface area (Å²) in [4.78, 5) is 23.9. The lowest BCUT2D eigenvalue weighted by Crippen LogP contribution is -2.66. The van der Waals surface area contributed by atoms with E-state index in [9.17, 15) is 14.7 Å². The highest BCUT2D eigenvalue weighted by Crippen LogP contribution is 2.66. The van der Waals surface area contributed by atoms with E-state index >= 15 is 0 Å². The lowest BCUT2D eigenvalue weighted by molar-refractivity contribution is -0.222. The van der Waals surface area contributed by atoms with Crippen LogP contribution in [0, 0.1) is 34.5 Å². The van der Waals surface area contributed by atoms with E-state index in [1.54, 1.807) is 0 Å². The van der Waals surface area contributed by atoms with Crippen molar-refractivity contribution in [3.63, 3.8) is 0 Å². The highest BCUT2D eigenvalue weighted by molar-refractivity contribution is 5.67. The molecule has 1 N–H and O–H groups in total. The first-order valence-electron chi connectivity index (χ1n) is 14.3. The number of fused-ring (bicyclic) bond motifs is 5. The van der Waals surface area contributed by atoms with E-state index in [2.05, 4.69) is 46.8 Å². The number of aliphatic hydroxyl groups is 1. The van der Waals surface area contributed by atoms with Gasteiger partial charge >= 0.3 is 11.9 Å². The van der Waals surface area contributed by atoms with Gasteiger partial charge in [-0.15, -0.1) is 0 Å². The van der Waals surface area contributed by atoms with E-state index in [0.717, 1.165) is 38.0 Å². The van der Waals surface area contributed by atoms with Crippen LogP contribution in [0.25, 0.3) is 0 Å². The fourth-order valence-electron chi connectivity index (χ4n) is 8.49. The maximum absolute atomic E-state index is 12.2.